The molecular weight excluding hydrogens is 230 g/mol. The van der Waals surface area contributed by atoms with Crippen molar-refractivity contribution in [3.63, 3.8) is 0 Å². The summed E-state index contributed by atoms with van der Waals surface area (Å²) in [6, 6.07) is 0. The van der Waals surface area contributed by atoms with E-state index in [4.69, 9.17) is 0 Å². The first-order valence-electron chi connectivity index (χ1n) is 4.63. The topological polar surface area (TPSA) is 30.7 Å². The zero-order valence-corrected chi connectivity index (χ0v) is 9.95. The second-order valence-corrected chi connectivity index (χ2v) is 5.08. The maximum Gasteiger partial charge on any atom is 0.0960 e. The van der Waals surface area contributed by atoms with E-state index in [1.54, 1.807) is 0 Å². The standard InChI is InChI=1S/C9H16BrN3/c1-7(2)4-5-13-6-9(8(3)10)11-12-13/h6-8H,4-5H2,1-3H3. The third-order valence-electron chi connectivity index (χ3n) is 1.90. The molecule has 1 atom stereocenters. The van der Waals surface area contributed by atoms with Crippen LogP contribution in [0, 0.1) is 5.92 Å². The van der Waals surface area contributed by atoms with E-state index in [0.29, 0.717) is 10.7 Å². The minimum Gasteiger partial charge on any atom is -0.252 e. The Balaban J connectivity index is 2.49. The molecule has 1 aromatic rings. The molecule has 0 saturated carbocycles. The van der Waals surface area contributed by atoms with E-state index < -0.39 is 0 Å². The first-order chi connectivity index (χ1) is 6.09. The van der Waals surface area contributed by atoms with Crippen LogP contribution < -0.4 is 0 Å². The van der Waals surface area contributed by atoms with Crippen LogP contribution in [-0.2, 0) is 6.54 Å². The van der Waals surface area contributed by atoms with Gasteiger partial charge in [-0.3, -0.25) is 4.68 Å². The van der Waals surface area contributed by atoms with Crippen LogP contribution in [0.3, 0.4) is 0 Å². The van der Waals surface area contributed by atoms with Crippen LogP contribution in [0.2, 0.25) is 0 Å². The number of aryl methyl sites for hydroxylation is 1. The van der Waals surface area contributed by atoms with Gasteiger partial charge in [0.2, 0.25) is 0 Å². The monoisotopic (exact) mass is 245 g/mol. The van der Waals surface area contributed by atoms with Gasteiger partial charge in [0.15, 0.2) is 0 Å². The molecule has 0 bridgehead atoms. The maximum atomic E-state index is 4.06. The lowest BCUT2D eigenvalue weighted by molar-refractivity contribution is 0.478. The molecule has 0 saturated heterocycles. The summed E-state index contributed by atoms with van der Waals surface area (Å²) in [6.45, 7) is 7.44. The Morgan fingerprint density at radius 3 is 2.62 bits per heavy atom. The van der Waals surface area contributed by atoms with E-state index in [1.165, 1.54) is 0 Å². The number of nitrogens with zero attached hydrogens (tertiary/aromatic N) is 3. The second-order valence-electron chi connectivity index (χ2n) is 3.71. The molecule has 1 aromatic heterocycles. The Bertz CT molecular complexity index is 255. The highest BCUT2D eigenvalue weighted by Gasteiger charge is 2.05. The highest BCUT2D eigenvalue weighted by Crippen LogP contribution is 2.18. The van der Waals surface area contributed by atoms with Crippen LogP contribution in [0.15, 0.2) is 6.20 Å². The lowest BCUT2D eigenvalue weighted by Gasteiger charge is -2.02. The molecule has 74 valence electrons. The van der Waals surface area contributed by atoms with Crippen molar-refractivity contribution in [3.8, 4) is 0 Å². The van der Waals surface area contributed by atoms with E-state index in [2.05, 4.69) is 47.0 Å². The summed E-state index contributed by atoms with van der Waals surface area (Å²) >= 11 is 3.46. The summed E-state index contributed by atoms with van der Waals surface area (Å²) in [5, 5.41) is 8.11. The van der Waals surface area contributed by atoms with Crippen LogP contribution in [0.4, 0.5) is 0 Å². The first-order valence-corrected chi connectivity index (χ1v) is 5.55. The van der Waals surface area contributed by atoms with Crippen LogP contribution in [0.25, 0.3) is 0 Å². The van der Waals surface area contributed by atoms with Crippen molar-refractivity contribution in [2.45, 2.75) is 38.6 Å². The summed E-state index contributed by atoms with van der Waals surface area (Å²) in [7, 11) is 0. The van der Waals surface area contributed by atoms with Crippen molar-refractivity contribution in [3.05, 3.63) is 11.9 Å². The molecule has 4 heteroatoms. The molecule has 0 aliphatic rings. The van der Waals surface area contributed by atoms with E-state index in [9.17, 15) is 0 Å². The Morgan fingerprint density at radius 1 is 1.46 bits per heavy atom. The van der Waals surface area contributed by atoms with E-state index in [1.807, 2.05) is 10.9 Å². The summed E-state index contributed by atoms with van der Waals surface area (Å²) in [5.41, 5.74) is 1.00. The molecule has 0 amide bonds. The fourth-order valence-corrected chi connectivity index (χ4v) is 1.21. The van der Waals surface area contributed by atoms with E-state index >= 15 is 0 Å². The first kappa shape index (κ1) is 10.7. The second kappa shape index (κ2) is 4.74. The van der Waals surface area contributed by atoms with Crippen molar-refractivity contribution >= 4 is 15.9 Å². The molecule has 1 heterocycles. The molecular formula is C9H16BrN3. The van der Waals surface area contributed by atoms with Crippen molar-refractivity contribution in [1.29, 1.82) is 0 Å². The summed E-state index contributed by atoms with van der Waals surface area (Å²) in [4.78, 5) is 0.292. The molecule has 13 heavy (non-hydrogen) atoms. The summed E-state index contributed by atoms with van der Waals surface area (Å²) in [5.74, 6) is 0.717. The van der Waals surface area contributed by atoms with Gasteiger partial charge < -0.3 is 0 Å². The third-order valence-corrected chi connectivity index (χ3v) is 2.37. The lowest BCUT2D eigenvalue weighted by Crippen LogP contribution is -2.01. The Kier molecular flexibility index (Phi) is 3.90. The van der Waals surface area contributed by atoms with Crippen LogP contribution in [0.5, 0.6) is 0 Å². The van der Waals surface area contributed by atoms with Crippen molar-refractivity contribution in [2.75, 3.05) is 0 Å². The molecule has 1 unspecified atom stereocenters. The van der Waals surface area contributed by atoms with E-state index in [-0.39, 0.29) is 0 Å². The quantitative estimate of drug-likeness (QED) is 0.765. The van der Waals surface area contributed by atoms with Gasteiger partial charge in [0.05, 0.1) is 10.5 Å². The molecule has 0 radical (unpaired) electrons. The molecule has 0 aromatic carbocycles. The smallest absolute Gasteiger partial charge is 0.0960 e. The van der Waals surface area contributed by atoms with E-state index in [0.717, 1.165) is 18.7 Å². The van der Waals surface area contributed by atoms with Crippen LogP contribution >= 0.6 is 15.9 Å². The number of halogens is 1. The van der Waals surface area contributed by atoms with Gasteiger partial charge in [-0.15, -0.1) is 5.10 Å². The average Bonchev–Trinajstić information content (AvgIpc) is 2.48. The van der Waals surface area contributed by atoms with Gasteiger partial charge >= 0.3 is 0 Å². The van der Waals surface area contributed by atoms with Gasteiger partial charge in [-0.2, -0.15) is 0 Å². The van der Waals surface area contributed by atoms with Crippen molar-refractivity contribution < 1.29 is 0 Å². The average molecular weight is 246 g/mol. The van der Waals surface area contributed by atoms with Crippen LogP contribution in [-0.4, -0.2) is 15.0 Å². The fourth-order valence-electron chi connectivity index (χ4n) is 0.995. The normalized spacial score (nSPS) is 13.6. The van der Waals surface area contributed by atoms with Gasteiger partial charge in [0.25, 0.3) is 0 Å². The van der Waals surface area contributed by atoms with Crippen molar-refractivity contribution in [1.82, 2.24) is 15.0 Å². The molecule has 0 fully saturated rings. The number of hydrogen-bond acceptors (Lipinski definition) is 2. The number of rotatable bonds is 4. The number of aromatic nitrogens is 3. The summed E-state index contributed by atoms with van der Waals surface area (Å²) < 4.78 is 1.91. The molecule has 1 rings (SSSR count). The SMILES string of the molecule is CC(C)CCn1cc(C(C)Br)nn1. The zero-order chi connectivity index (χ0) is 9.84. The van der Waals surface area contributed by atoms with Crippen LogP contribution in [0.1, 0.15) is 37.7 Å². The molecule has 0 aliphatic carbocycles. The fraction of sp³-hybridized carbons (Fsp3) is 0.778. The van der Waals surface area contributed by atoms with Gasteiger partial charge in [-0.05, 0) is 19.3 Å². The van der Waals surface area contributed by atoms with Gasteiger partial charge in [0.1, 0.15) is 0 Å². The number of alkyl halides is 1. The third kappa shape index (κ3) is 3.46. The molecule has 0 spiro atoms. The minimum atomic E-state index is 0.292. The largest absolute Gasteiger partial charge is 0.252 e. The molecule has 0 N–H and O–H groups in total. The predicted molar refractivity (Wildman–Crippen MR) is 56.8 cm³/mol. The Hall–Kier alpha value is -0.380. The highest BCUT2D eigenvalue weighted by molar-refractivity contribution is 9.09. The van der Waals surface area contributed by atoms with Gasteiger partial charge in [-0.25, -0.2) is 0 Å². The number of hydrogen-bond donors (Lipinski definition) is 0. The summed E-state index contributed by atoms with van der Waals surface area (Å²) in [6.07, 6.45) is 3.15. The highest BCUT2D eigenvalue weighted by atomic mass is 79.9. The van der Waals surface area contributed by atoms with Gasteiger partial charge in [-0.1, -0.05) is 35.0 Å². The molecule has 0 aliphatic heterocycles. The predicted octanol–water partition coefficient (Wildman–Crippen LogP) is 2.78. The Labute approximate surface area is 87.6 Å². The Morgan fingerprint density at radius 2 is 2.15 bits per heavy atom. The molecule has 3 nitrogen and oxygen atoms in total. The maximum absolute atomic E-state index is 4.06. The minimum absolute atomic E-state index is 0.292. The lowest BCUT2D eigenvalue weighted by atomic mass is 10.1. The van der Waals surface area contributed by atoms with Crippen molar-refractivity contribution in [2.24, 2.45) is 5.92 Å². The zero-order valence-electron chi connectivity index (χ0n) is 8.37. The van der Waals surface area contributed by atoms with Gasteiger partial charge in [0, 0.05) is 12.7 Å².